The van der Waals surface area contributed by atoms with Gasteiger partial charge in [0.1, 0.15) is 11.6 Å². The summed E-state index contributed by atoms with van der Waals surface area (Å²) in [6.45, 7) is 1.88. The molecule has 0 atom stereocenters. The van der Waals surface area contributed by atoms with Gasteiger partial charge in [0.2, 0.25) is 0 Å². The SMILES string of the molecule is Cc1ccc(S(=O)(=O)n2cc(Br)c3cc(-c4c(F)cccc4F)ccc32)cc1. The third-order valence-corrected chi connectivity index (χ3v) is 6.87. The van der Waals surface area contributed by atoms with Crippen molar-refractivity contribution in [1.82, 2.24) is 3.97 Å². The molecule has 3 aromatic carbocycles. The zero-order valence-corrected chi connectivity index (χ0v) is 17.1. The van der Waals surface area contributed by atoms with Crippen LogP contribution in [0.3, 0.4) is 0 Å². The number of rotatable bonds is 3. The van der Waals surface area contributed by atoms with E-state index in [-0.39, 0.29) is 10.5 Å². The molecular weight excluding hydrogens is 448 g/mol. The Bertz CT molecular complexity index is 1290. The number of hydrogen-bond acceptors (Lipinski definition) is 2. The molecule has 7 heteroatoms. The summed E-state index contributed by atoms with van der Waals surface area (Å²) in [6.07, 6.45) is 1.45. The van der Waals surface area contributed by atoms with Gasteiger partial charge in [-0.1, -0.05) is 29.8 Å². The Morgan fingerprint density at radius 1 is 0.929 bits per heavy atom. The van der Waals surface area contributed by atoms with Crippen LogP contribution in [0.4, 0.5) is 8.78 Å². The monoisotopic (exact) mass is 461 g/mol. The van der Waals surface area contributed by atoms with Crippen LogP contribution >= 0.6 is 15.9 Å². The molecule has 0 aliphatic heterocycles. The van der Waals surface area contributed by atoms with E-state index in [9.17, 15) is 17.2 Å². The number of nitrogens with zero attached hydrogens (tertiary/aromatic N) is 1. The average Bonchev–Trinajstić information content (AvgIpc) is 2.99. The predicted molar refractivity (Wildman–Crippen MR) is 109 cm³/mol. The van der Waals surface area contributed by atoms with Gasteiger partial charge in [-0.05, 0) is 64.8 Å². The van der Waals surface area contributed by atoms with Crippen molar-refractivity contribution in [2.75, 3.05) is 0 Å². The van der Waals surface area contributed by atoms with Gasteiger partial charge in [0.25, 0.3) is 10.0 Å². The molecule has 0 unspecified atom stereocenters. The summed E-state index contributed by atoms with van der Waals surface area (Å²) in [7, 11) is -3.82. The second-order valence-corrected chi connectivity index (χ2v) is 9.09. The van der Waals surface area contributed by atoms with Gasteiger partial charge in [-0.15, -0.1) is 0 Å². The van der Waals surface area contributed by atoms with E-state index in [1.807, 2.05) is 6.92 Å². The Hall–Kier alpha value is -2.51. The highest BCUT2D eigenvalue weighted by atomic mass is 79.9. The molecule has 0 saturated heterocycles. The molecule has 4 aromatic rings. The van der Waals surface area contributed by atoms with E-state index >= 15 is 0 Å². The highest BCUT2D eigenvalue weighted by Gasteiger charge is 2.21. The quantitative estimate of drug-likeness (QED) is 0.381. The molecule has 0 saturated carbocycles. The topological polar surface area (TPSA) is 39.1 Å². The molecule has 1 heterocycles. The van der Waals surface area contributed by atoms with Crippen molar-refractivity contribution in [1.29, 1.82) is 0 Å². The lowest BCUT2D eigenvalue weighted by atomic mass is 10.0. The van der Waals surface area contributed by atoms with Crippen molar-refractivity contribution in [2.24, 2.45) is 0 Å². The lowest BCUT2D eigenvalue weighted by molar-refractivity contribution is 0.588. The van der Waals surface area contributed by atoms with Crippen LogP contribution in [0.15, 0.2) is 76.2 Å². The zero-order valence-electron chi connectivity index (χ0n) is 14.7. The maximum Gasteiger partial charge on any atom is 0.268 e. The molecule has 142 valence electrons. The number of benzene rings is 3. The summed E-state index contributed by atoms with van der Waals surface area (Å²) in [5.74, 6) is -1.36. The molecular formula is C21H14BrF2NO2S. The Morgan fingerprint density at radius 2 is 1.57 bits per heavy atom. The summed E-state index contributed by atoms with van der Waals surface area (Å²) in [4.78, 5) is 0.159. The fraction of sp³-hybridized carbons (Fsp3) is 0.0476. The van der Waals surface area contributed by atoms with Gasteiger partial charge in [-0.25, -0.2) is 21.2 Å². The molecule has 0 bridgehead atoms. The number of aromatic nitrogens is 1. The van der Waals surface area contributed by atoms with Crippen LogP contribution < -0.4 is 0 Å². The Kier molecular flexibility index (Phi) is 4.59. The lowest BCUT2D eigenvalue weighted by Crippen LogP contribution is -2.11. The molecule has 4 rings (SSSR count). The standard InChI is InChI=1S/C21H14BrF2NO2S/c1-13-5-8-15(9-6-13)28(26,27)25-12-17(22)16-11-14(7-10-20(16)25)21-18(23)3-2-4-19(21)24/h2-12H,1H3. The van der Waals surface area contributed by atoms with E-state index in [1.54, 1.807) is 36.4 Å². The summed E-state index contributed by atoms with van der Waals surface area (Å²) >= 11 is 3.37. The van der Waals surface area contributed by atoms with Crippen LogP contribution in [0.1, 0.15) is 5.56 Å². The van der Waals surface area contributed by atoms with E-state index < -0.39 is 21.7 Å². The molecule has 1 aromatic heterocycles. The molecule has 0 spiro atoms. The van der Waals surface area contributed by atoms with Crippen molar-refractivity contribution in [3.05, 3.63) is 88.5 Å². The smallest absolute Gasteiger partial charge is 0.240 e. The zero-order chi connectivity index (χ0) is 20.1. The molecule has 0 amide bonds. The van der Waals surface area contributed by atoms with E-state index in [4.69, 9.17) is 0 Å². The van der Waals surface area contributed by atoms with Crippen molar-refractivity contribution >= 4 is 36.9 Å². The van der Waals surface area contributed by atoms with Crippen LogP contribution in [-0.4, -0.2) is 12.4 Å². The molecule has 3 nitrogen and oxygen atoms in total. The summed E-state index contributed by atoms with van der Waals surface area (Å²) in [5, 5.41) is 0.538. The summed E-state index contributed by atoms with van der Waals surface area (Å²) in [5.41, 5.74) is 1.54. The van der Waals surface area contributed by atoms with E-state index in [2.05, 4.69) is 15.9 Å². The second kappa shape index (κ2) is 6.83. The van der Waals surface area contributed by atoms with Crippen molar-refractivity contribution in [3.63, 3.8) is 0 Å². The Labute approximate surface area is 169 Å². The average molecular weight is 462 g/mol. The van der Waals surface area contributed by atoms with Crippen LogP contribution in [0.25, 0.3) is 22.0 Å². The highest BCUT2D eigenvalue weighted by molar-refractivity contribution is 9.10. The van der Waals surface area contributed by atoms with Gasteiger partial charge in [0, 0.05) is 16.1 Å². The fourth-order valence-electron chi connectivity index (χ4n) is 3.11. The highest BCUT2D eigenvalue weighted by Crippen LogP contribution is 2.34. The first-order chi connectivity index (χ1) is 13.3. The van der Waals surface area contributed by atoms with E-state index in [0.29, 0.717) is 20.9 Å². The van der Waals surface area contributed by atoms with Gasteiger partial charge in [-0.3, -0.25) is 0 Å². The van der Waals surface area contributed by atoms with Gasteiger partial charge in [0.05, 0.1) is 16.0 Å². The maximum absolute atomic E-state index is 14.1. The summed E-state index contributed by atoms with van der Waals surface area (Å²) < 4.78 is 56.1. The van der Waals surface area contributed by atoms with Crippen LogP contribution in [0.5, 0.6) is 0 Å². The molecule has 0 aliphatic rings. The van der Waals surface area contributed by atoms with Crippen molar-refractivity contribution in [3.8, 4) is 11.1 Å². The van der Waals surface area contributed by atoms with Crippen molar-refractivity contribution in [2.45, 2.75) is 11.8 Å². The number of fused-ring (bicyclic) bond motifs is 1. The third kappa shape index (κ3) is 3.04. The van der Waals surface area contributed by atoms with Gasteiger partial charge in [0.15, 0.2) is 0 Å². The minimum atomic E-state index is -3.82. The van der Waals surface area contributed by atoms with Gasteiger partial charge < -0.3 is 0 Å². The molecule has 0 fully saturated rings. The molecule has 0 N–H and O–H groups in total. The number of halogens is 3. The molecule has 28 heavy (non-hydrogen) atoms. The first-order valence-corrected chi connectivity index (χ1v) is 10.6. The van der Waals surface area contributed by atoms with E-state index in [0.717, 1.165) is 5.56 Å². The minimum absolute atomic E-state index is 0.148. The largest absolute Gasteiger partial charge is 0.268 e. The lowest BCUT2D eigenvalue weighted by Gasteiger charge is -2.09. The number of aryl methyl sites for hydroxylation is 1. The normalized spacial score (nSPS) is 11.9. The Morgan fingerprint density at radius 3 is 2.21 bits per heavy atom. The predicted octanol–water partition coefficient (Wildman–Crippen LogP) is 5.89. The van der Waals surface area contributed by atoms with E-state index in [1.165, 1.54) is 34.4 Å². The first kappa shape index (κ1) is 18.8. The summed E-state index contributed by atoms with van der Waals surface area (Å²) in [6, 6.07) is 14.9. The fourth-order valence-corrected chi connectivity index (χ4v) is 5.14. The van der Waals surface area contributed by atoms with Crippen LogP contribution in [0.2, 0.25) is 0 Å². The molecule has 0 aliphatic carbocycles. The third-order valence-electron chi connectivity index (χ3n) is 4.55. The maximum atomic E-state index is 14.1. The van der Waals surface area contributed by atoms with Crippen LogP contribution in [-0.2, 0) is 10.0 Å². The minimum Gasteiger partial charge on any atom is -0.240 e. The first-order valence-electron chi connectivity index (χ1n) is 8.36. The van der Waals surface area contributed by atoms with Gasteiger partial charge in [-0.2, -0.15) is 0 Å². The Balaban J connectivity index is 1.91. The van der Waals surface area contributed by atoms with Crippen molar-refractivity contribution < 1.29 is 17.2 Å². The van der Waals surface area contributed by atoms with Crippen LogP contribution in [0, 0.1) is 18.6 Å². The molecule has 0 radical (unpaired) electrons. The van der Waals surface area contributed by atoms with Gasteiger partial charge >= 0.3 is 0 Å². The second-order valence-electron chi connectivity index (χ2n) is 6.42. The number of hydrogen-bond donors (Lipinski definition) is 0.